The summed E-state index contributed by atoms with van der Waals surface area (Å²) >= 11 is 0. The van der Waals surface area contributed by atoms with Crippen molar-refractivity contribution in [2.75, 3.05) is 22.4 Å². The molecule has 0 atom stereocenters. The molecule has 0 unspecified atom stereocenters. The third kappa shape index (κ3) is 4.78. The molecule has 10 heteroatoms. The van der Waals surface area contributed by atoms with Crippen molar-refractivity contribution in [3.63, 3.8) is 0 Å². The molecule has 4 aliphatic rings. The molecule has 0 saturated heterocycles. The number of hydrogen-bond acceptors (Lipinski definition) is 5. The number of sulfonamides is 2. The summed E-state index contributed by atoms with van der Waals surface area (Å²) in [5.74, 6) is -0.252. The molecular formula is C28H33N3O5S2. The minimum Gasteiger partial charge on any atom is -0.307 e. The Labute approximate surface area is 224 Å². The zero-order valence-electron chi connectivity index (χ0n) is 21.4. The van der Waals surface area contributed by atoms with Gasteiger partial charge in [-0.05, 0) is 98.7 Å². The summed E-state index contributed by atoms with van der Waals surface area (Å²) in [5, 5.41) is 0. The normalized spacial score (nSPS) is 21.7. The Morgan fingerprint density at radius 2 is 1.61 bits per heavy atom. The number of nitrogens with zero attached hydrogens (tertiary/aromatic N) is 1. The molecule has 2 N–H and O–H groups in total. The number of carbonyl (C=O) groups is 1. The molecule has 2 fully saturated rings. The van der Waals surface area contributed by atoms with Crippen LogP contribution in [-0.2, 0) is 25.5 Å². The molecule has 2 aromatic carbocycles. The number of benzene rings is 2. The van der Waals surface area contributed by atoms with Crippen LogP contribution in [0.3, 0.4) is 0 Å². The lowest BCUT2D eigenvalue weighted by atomic mass is 9.66. The molecule has 0 bridgehead atoms. The van der Waals surface area contributed by atoms with Crippen LogP contribution < -0.4 is 14.3 Å². The predicted octanol–water partition coefficient (Wildman–Crippen LogP) is 4.31. The summed E-state index contributed by atoms with van der Waals surface area (Å²) in [7, 11) is -7.21. The van der Waals surface area contributed by atoms with Crippen LogP contribution in [0.15, 0.2) is 59.5 Å². The topological polar surface area (TPSA) is 113 Å². The first-order chi connectivity index (χ1) is 18.0. The Morgan fingerprint density at radius 3 is 2.26 bits per heavy atom. The van der Waals surface area contributed by atoms with E-state index >= 15 is 0 Å². The van der Waals surface area contributed by atoms with Gasteiger partial charge in [-0.2, -0.15) is 0 Å². The zero-order valence-corrected chi connectivity index (χ0v) is 23.1. The maximum Gasteiger partial charge on any atom is 0.258 e. The molecule has 202 valence electrons. The predicted molar refractivity (Wildman–Crippen MR) is 147 cm³/mol. The van der Waals surface area contributed by atoms with Gasteiger partial charge >= 0.3 is 0 Å². The van der Waals surface area contributed by atoms with Crippen molar-refractivity contribution in [3.05, 3.63) is 65.7 Å². The van der Waals surface area contributed by atoms with E-state index < -0.39 is 20.0 Å². The standard InChI is InChI=1S/C28H33N3O5S2/c1-37(33,34)29-22-9-10-25-24(18-22)28(15-13-27(11-12-27)14-16-28)19-31(25)26(32)20-5-4-8-23(17-20)38(35,36)30-21-6-2-3-7-21/h2-5,8-10,17-18,21,29-30H,6-7,11-16,19H2,1H3. The molecule has 1 heterocycles. The highest BCUT2D eigenvalue weighted by Gasteiger charge is 2.53. The van der Waals surface area contributed by atoms with Gasteiger partial charge in [0.25, 0.3) is 5.91 Å². The summed E-state index contributed by atoms with van der Waals surface area (Å²) in [6, 6.07) is 11.4. The SMILES string of the molecule is CS(=O)(=O)Nc1ccc2c(c1)C1(CCC3(CC3)CC1)CN2C(=O)c1cccc(S(=O)(=O)NC2CC=CC2)c1. The van der Waals surface area contributed by atoms with E-state index in [-0.39, 0.29) is 22.3 Å². The minimum atomic E-state index is -3.77. The number of amides is 1. The molecule has 1 aliphatic heterocycles. The van der Waals surface area contributed by atoms with Crippen LogP contribution in [0.1, 0.15) is 67.3 Å². The van der Waals surface area contributed by atoms with Gasteiger partial charge in [-0.25, -0.2) is 21.6 Å². The fourth-order valence-electron chi connectivity index (χ4n) is 6.44. The van der Waals surface area contributed by atoms with Gasteiger partial charge in [-0.1, -0.05) is 18.2 Å². The minimum absolute atomic E-state index is 0.0745. The first-order valence-electron chi connectivity index (χ1n) is 13.2. The Morgan fingerprint density at radius 1 is 0.921 bits per heavy atom. The van der Waals surface area contributed by atoms with Gasteiger partial charge in [0.2, 0.25) is 20.0 Å². The van der Waals surface area contributed by atoms with Crippen molar-refractivity contribution >= 4 is 37.3 Å². The third-order valence-electron chi connectivity index (χ3n) is 8.81. The van der Waals surface area contributed by atoms with E-state index in [1.165, 1.54) is 25.0 Å². The lowest BCUT2D eigenvalue weighted by molar-refractivity contribution is 0.0980. The Bertz CT molecular complexity index is 1530. The van der Waals surface area contributed by atoms with Crippen molar-refractivity contribution in [1.29, 1.82) is 0 Å². The van der Waals surface area contributed by atoms with E-state index in [1.807, 2.05) is 24.3 Å². The number of hydrogen-bond donors (Lipinski definition) is 2. The van der Waals surface area contributed by atoms with Crippen LogP contribution in [0.25, 0.3) is 0 Å². The van der Waals surface area contributed by atoms with E-state index in [2.05, 4.69) is 9.44 Å². The zero-order chi connectivity index (χ0) is 26.8. The van der Waals surface area contributed by atoms with Crippen molar-refractivity contribution < 1.29 is 21.6 Å². The molecule has 0 aromatic heterocycles. The largest absolute Gasteiger partial charge is 0.307 e. The Balaban J connectivity index is 1.32. The van der Waals surface area contributed by atoms with E-state index in [0.717, 1.165) is 43.2 Å². The monoisotopic (exact) mass is 555 g/mol. The highest BCUT2D eigenvalue weighted by atomic mass is 32.2. The second kappa shape index (κ2) is 8.93. The number of fused-ring (bicyclic) bond motifs is 2. The molecule has 2 spiro atoms. The van der Waals surface area contributed by atoms with Gasteiger partial charge in [-0.15, -0.1) is 0 Å². The molecule has 3 aliphatic carbocycles. The van der Waals surface area contributed by atoms with Gasteiger partial charge in [0.05, 0.1) is 11.2 Å². The quantitative estimate of drug-likeness (QED) is 0.516. The summed E-state index contributed by atoms with van der Waals surface area (Å²) in [6.07, 6.45) is 13.0. The molecule has 1 amide bonds. The molecular weight excluding hydrogens is 522 g/mol. The number of carbonyl (C=O) groups excluding carboxylic acids is 1. The smallest absolute Gasteiger partial charge is 0.258 e. The Kier molecular flexibility index (Phi) is 6.01. The molecule has 2 saturated carbocycles. The average molecular weight is 556 g/mol. The second-order valence-electron chi connectivity index (χ2n) is 11.6. The van der Waals surface area contributed by atoms with E-state index in [0.29, 0.717) is 36.1 Å². The van der Waals surface area contributed by atoms with Crippen LogP contribution in [0.2, 0.25) is 0 Å². The summed E-state index contributed by atoms with van der Waals surface area (Å²) < 4.78 is 55.2. The highest BCUT2D eigenvalue weighted by molar-refractivity contribution is 7.92. The van der Waals surface area contributed by atoms with Crippen molar-refractivity contribution in [1.82, 2.24) is 4.72 Å². The number of rotatable bonds is 6. The van der Waals surface area contributed by atoms with E-state index in [4.69, 9.17) is 0 Å². The van der Waals surface area contributed by atoms with Crippen molar-refractivity contribution in [2.45, 2.75) is 67.7 Å². The lowest BCUT2D eigenvalue weighted by Gasteiger charge is -2.38. The molecule has 2 aromatic rings. The fraction of sp³-hybridized carbons (Fsp3) is 0.464. The van der Waals surface area contributed by atoms with Crippen LogP contribution in [-0.4, -0.2) is 41.6 Å². The Hall–Kier alpha value is -2.69. The van der Waals surface area contributed by atoms with Gasteiger partial charge in [-0.3, -0.25) is 9.52 Å². The summed E-state index contributed by atoms with van der Waals surface area (Å²) in [5.41, 5.74) is 2.78. The maximum atomic E-state index is 13.9. The van der Waals surface area contributed by atoms with Crippen LogP contribution in [0.4, 0.5) is 11.4 Å². The van der Waals surface area contributed by atoms with Gasteiger partial charge in [0.15, 0.2) is 0 Å². The van der Waals surface area contributed by atoms with Gasteiger partial charge in [0.1, 0.15) is 0 Å². The first kappa shape index (κ1) is 25.6. The lowest BCUT2D eigenvalue weighted by Crippen LogP contribution is -2.40. The second-order valence-corrected chi connectivity index (χ2v) is 15.0. The van der Waals surface area contributed by atoms with Crippen molar-refractivity contribution in [2.24, 2.45) is 5.41 Å². The number of nitrogens with one attached hydrogen (secondary N) is 2. The molecule has 8 nitrogen and oxygen atoms in total. The molecule has 6 rings (SSSR count). The summed E-state index contributed by atoms with van der Waals surface area (Å²) in [4.78, 5) is 15.7. The van der Waals surface area contributed by atoms with Crippen molar-refractivity contribution in [3.8, 4) is 0 Å². The molecule has 38 heavy (non-hydrogen) atoms. The molecule has 0 radical (unpaired) electrons. The fourth-order valence-corrected chi connectivity index (χ4v) is 8.31. The summed E-state index contributed by atoms with van der Waals surface area (Å²) in [6.45, 7) is 0.503. The third-order valence-corrected chi connectivity index (χ3v) is 10.9. The first-order valence-corrected chi connectivity index (χ1v) is 16.6. The number of anilines is 2. The van der Waals surface area contributed by atoms with Gasteiger partial charge in [0, 0.05) is 34.9 Å². The highest BCUT2D eigenvalue weighted by Crippen LogP contribution is 2.62. The van der Waals surface area contributed by atoms with Crippen LogP contribution >= 0.6 is 0 Å². The van der Waals surface area contributed by atoms with E-state index in [9.17, 15) is 21.6 Å². The van der Waals surface area contributed by atoms with Gasteiger partial charge < -0.3 is 4.90 Å². The average Bonchev–Trinajstić information content (AvgIpc) is 3.30. The van der Waals surface area contributed by atoms with Crippen LogP contribution in [0, 0.1) is 5.41 Å². The van der Waals surface area contributed by atoms with E-state index in [1.54, 1.807) is 23.1 Å². The van der Waals surface area contributed by atoms with Crippen LogP contribution in [0.5, 0.6) is 0 Å². The maximum absolute atomic E-state index is 13.9.